The quantitative estimate of drug-likeness (QED) is 0.858. The molecule has 1 N–H and O–H groups in total. The molecule has 2 aromatic rings. The summed E-state index contributed by atoms with van der Waals surface area (Å²) < 4.78 is 10.5. The lowest BCUT2D eigenvalue weighted by Gasteiger charge is -2.26. The minimum atomic E-state index is -0.174. The Bertz CT molecular complexity index is 569. The van der Waals surface area contributed by atoms with Crippen molar-refractivity contribution in [3.05, 3.63) is 35.6 Å². The molecule has 0 aliphatic carbocycles. The second kappa shape index (κ2) is 3.89. The maximum atomic E-state index is 11.8. The van der Waals surface area contributed by atoms with E-state index in [1.807, 2.05) is 25.1 Å². The molecule has 88 valence electrons. The minimum Gasteiger partial charge on any atom is -0.451 e. The molecule has 1 aromatic carbocycles. The Morgan fingerprint density at radius 3 is 2.88 bits per heavy atom. The number of benzene rings is 1. The van der Waals surface area contributed by atoms with Gasteiger partial charge in [0.1, 0.15) is 5.58 Å². The predicted molar refractivity (Wildman–Crippen MR) is 63.0 cm³/mol. The minimum absolute atomic E-state index is 0.123. The van der Waals surface area contributed by atoms with E-state index in [1.54, 1.807) is 6.07 Å². The lowest BCUT2D eigenvalue weighted by Crippen LogP contribution is -2.48. The fourth-order valence-corrected chi connectivity index (χ4v) is 1.85. The molecule has 4 heteroatoms. The van der Waals surface area contributed by atoms with Crippen molar-refractivity contribution >= 4 is 16.9 Å². The Morgan fingerprint density at radius 1 is 1.35 bits per heavy atom. The summed E-state index contributed by atoms with van der Waals surface area (Å²) in [5.74, 6) is 0.185. The van der Waals surface area contributed by atoms with Crippen LogP contribution in [0.5, 0.6) is 0 Å². The number of amides is 1. The van der Waals surface area contributed by atoms with Crippen LogP contribution >= 0.6 is 0 Å². The first-order valence-electron chi connectivity index (χ1n) is 5.61. The van der Waals surface area contributed by atoms with E-state index < -0.39 is 0 Å². The second-order valence-electron chi connectivity index (χ2n) is 4.36. The van der Waals surface area contributed by atoms with E-state index in [0.29, 0.717) is 19.0 Å². The van der Waals surface area contributed by atoms with Gasteiger partial charge in [0, 0.05) is 5.39 Å². The third kappa shape index (κ3) is 1.91. The third-order valence-electron chi connectivity index (χ3n) is 2.87. The van der Waals surface area contributed by atoms with Crippen molar-refractivity contribution in [1.29, 1.82) is 0 Å². The van der Waals surface area contributed by atoms with Gasteiger partial charge in [-0.2, -0.15) is 0 Å². The summed E-state index contributed by atoms with van der Waals surface area (Å²) in [6, 6.07) is 7.75. The monoisotopic (exact) mass is 231 g/mol. The van der Waals surface area contributed by atoms with Gasteiger partial charge in [0.05, 0.1) is 19.3 Å². The Kier molecular flexibility index (Phi) is 2.37. The summed E-state index contributed by atoms with van der Waals surface area (Å²) in [5, 5.41) is 3.81. The lowest BCUT2D eigenvalue weighted by molar-refractivity contribution is -0.00386. The van der Waals surface area contributed by atoms with Crippen LogP contribution < -0.4 is 5.32 Å². The first kappa shape index (κ1) is 10.4. The number of aryl methyl sites for hydroxylation is 1. The van der Waals surface area contributed by atoms with Gasteiger partial charge in [0.2, 0.25) is 0 Å². The van der Waals surface area contributed by atoms with Gasteiger partial charge in [0.15, 0.2) is 5.76 Å². The highest BCUT2D eigenvalue weighted by Gasteiger charge is 2.22. The SMILES string of the molecule is Cc1ccc2oc(C(=O)NC3COC3)cc2c1. The van der Waals surface area contributed by atoms with Gasteiger partial charge >= 0.3 is 0 Å². The van der Waals surface area contributed by atoms with E-state index in [-0.39, 0.29) is 11.9 Å². The van der Waals surface area contributed by atoms with Gasteiger partial charge < -0.3 is 14.5 Å². The third-order valence-corrected chi connectivity index (χ3v) is 2.87. The fourth-order valence-electron chi connectivity index (χ4n) is 1.85. The van der Waals surface area contributed by atoms with Crippen LogP contribution in [0.4, 0.5) is 0 Å². The molecule has 0 bridgehead atoms. The number of fused-ring (bicyclic) bond motifs is 1. The van der Waals surface area contributed by atoms with Gasteiger partial charge in [-0.25, -0.2) is 0 Å². The highest BCUT2D eigenvalue weighted by Crippen LogP contribution is 2.20. The van der Waals surface area contributed by atoms with Crippen molar-refractivity contribution in [3.63, 3.8) is 0 Å². The molecule has 0 saturated carbocycles. The highest BCUT2D eigenvalue weighted by atomic mass is 16.5. The predicted octanol–water partition coefficient (Wildman–Crippen LogP) is 1.87. The van der Waals surface area contributed by atoms with Gasteiger partial charge in [0.25, 0.3) is 5.91 Å². The van der Waals surface area contributed by atoms with Crippen molar-refractivity contribution in [2.24, 2.45) is 0 Å². The number of carbonyl (C=O) groups excluding carboxylic acids is 1. The smallest absolute Gasteiger partial charge is 0.287 e. The summed E-state index contributed by atoms with van der Waals surface area (Å²) in [6.45, 7) is 3.19. The van der Waals surface area contributed by atoms with Crippen molar-refractivity contribution in [2.45, 2.75) is 13.0 Å². The molecule has 1 aliphatic heterocycles. The molecule has 4 nitrogen and oxygen atoms in total. The van der Waals surface area contributed by atoms with Crippen LogP contribution in [0.3, 0.4) is 0 Å². The number of hydrogen-bond acceptors (Lipinski definition) is 3. The molecular weight excluding hydrogens is 218 g/mol. The topological polar surface area (TPSA) is 51.5 Å². The van der Waals surface area contributed by atoms with E-state index >= 15 is 0 Å². The summed E-state index contributed by atoms with van der Waals surface area (Å²) in [7, 11) is 0. The Balaban J connectivity index is 1.86. The highest BCUT2D eigenvalue weighted by molar-refractivity contribution is 5.96. The molecule has 1 aliphatic rings. The molecule has 1 fully saturated rings. The number of ether oxygens (including phenoxy) is 1. The van der Waals surface area contributed by atoms with Crippen LogP contribution in [0, 0.1) is 6.92 Å². The summed E-state index contributed by atoms with van der Waals surface area (Å²) in [6.07, 6.45) is 0. The molecule has 0 atom stereocenters. The molecule has 1 amide bonds. The number of carbonyl (C=O) groups is 1. The Morgan fingerprint density at radius 2 is 2.18 bits per heavy atom. The molecule has 0 spiro atoms. The fraction of sp³-hybridized carbons (Fsp3) is 0.308. The van der Waals surface area contributed by atoms with E-state index in [0.717, 1.165) is 16.5 Å². The number of hydrogen-bond donors (Lipinski definition) is 1. The number of furan rings is 1. The Labute approximate surface area is 98.6 Å². The summed E-state index contributed by atoms with van der Waals surface area (Å²) >= 11 is 0. The molecule has 2 heterocycles. The van der Waals surface area contributed by atoms with Crippen molar-refractivity contribution in [1.82, 2.24) is 5.32 Å². The van der Waals surface area contributed by atoms with Crippen molar-refractivity contribution < 1.29 is 13.9 Å². The van der Waals surface area contributed by atoms with Gasteiger partial charge in [-0.1, -0.05) is 11.6 Å². The average Bonchev–Trinajstić information content (AvgIpc) is 2.65. The summed E-state index contributed by atoms with van der Waals surface area (Å²) in [4.78, 5) is 11.8. The molecule has 0 radical (unpaired) electrons. The molecule has 0 unspecified atom stereocenters. The second-order valence-corrected chi connectivity index (χ2v) is 4.36. The first-order valence-corrected chi connectivity index (χ1v) is 5.61. The van der Waals surface area contributed by atoms with Crippen LogP contribution in [0.25, 0.3) is 11.0 Å². The van der Waals surface area contributed by atoms with Crippen LogP contribution in [-0.2, 0) is 4.74 Å². The first-order chi connectivity index (χ1) is 8.22. The van der Waals surface area contributed by atoms with Crippen LogP contribution in [-0.4, -0.2) is 25.2 Å². The van der Waals surface area contributed by atoms with Crippen LogP contribution in [0.2, 0.25) is 0 Å². The van der Waals surface area contributed by atoms with Gasteiger partial charge in [-0.15, -0.1) is 0 Å². The van der Waals surface area contributed by atoms with Gasteiger partial charge in [-0.05, 0) is 25.1 Å². The molecule has 3 rings (SSSR count). The zero-order valence-corrected chi connectivity index (χ0v) is 9.53. The molecular formula is C13H13NO3. The van der Waals surface area contributed by atoms with Crippen LogP contribution in [0.15, 0.2) is 28.7 Å². The van der Waals surface area contributed by atoms with E-state index in [4.69, 9.17) is 9.15 Å². The Hall–Kier alpha value is -1.81. The van der Waals surface area contributed by atoms with Crippen molar-refractivity contribution in [3.8, 4) is 0 Å². The zero-order chi connectivity index (χ0) is 11.8. The molecule has 1 aromatic heterocycles. The zero-order valence-electron chi connectivity index (χ0n) is 9.53. The maximum absolute atomic E-state index is 11.8. The summed E-state index contributed by atoms with van der Waals surface area (Å²) in [5.41, 5.74) is 1.89. The maximum Gasteiger partial charge on any atom is 0.287 e. The van der Waals surface area contributed by atoms with Crippen LogP contribution in [0.1, 0.15) is 16.1 Å². The van der Waals surface area contributed by atoms with Crippen molar-refractivity contribution in [2.75, 3.05) is 13.2 Å². The largest absolute Gasteiger partial charge is 0.451 e. The molecule has 1 saturated heterocycles. The van der Waals surface area contributed by atoms with E-state index in [9.17, 15) is 4.79 Å². The lowest BCUT2D eigenvalue weighted by atomic mass is 10.2. The van der Waals surface area contributed by atoms with Gasteiger partial charge in [-0.3, -0.25) is 4.79 Å². The average molecular weight is 231 g/mol. The normalized spacial score (nSPS) is 15.8. The standard InChI is InChI=1S/C13H13NO3/c1-8-2-3-11-9(4-8)5-12(17-11)13(15)14-10-6-16-7-10/h2-5,10H,6-7H2,1H3,(H,14,15). The van der Waals surface area contributed by atoms with E-state index in [1.165, 1.54) is 0 Å². The number of rotatable bonds is 2. The number of nitrogens with one attached hydrogen (secondary N) is 1. The van der Waals surface area contributed by atoms with E-state index in [2.05, 4.69) is 5.32 Å². The molecule has 17 heavy (non-hydrogen) atoms.